The van der Waals surface area contributed by atoms with E-state index in [2.05, 4.69) is 10.4 Å². The molecular formula is C7H16N2O2. The van der Waals surface area contributed by atoms with Gasteiger partial charge in [-0.25, -0.2) is 5.01 Å². The molecule has 0 spiro atoms. The molecule has 4 heteroatoms. The standard InChI is InChI=1S/C7H16N2O2/c1-7(10)6-8-9-2-4-11-5-3-9/h7-8,10H,2-6H2,1H3/t7-/m0/s1. The molecule has 0 aromatic carbocycles. The summed E-state index contributed by atoms with van der Waals surface area (Å²) in [6.45, 7) is 5.78. The summed E-state index contributed by atoms with van der Waals surface area (Å²) >= 11 is 0. The maximum Gasteiger partial charge on any atom is 0.0650 e. The lowest BCUT2D eigenvalue weighted by Gasteiger charge is -2.27. The van der Waals surface area contributed by atoms with E-state index in [1.807, 2.05) is 0 Å². The largest absolute Gasteiger partial charge is 0.392 e. The van der Waals surface area contributed by atoms with Gasteiger partial charge in [-0.15, -0.1) is 0 Å². The smallest absolute Gasteiger partial charge is 0.0650 e. The second-order valence-corrected chi connectivity index (χ2v) is 2.81. The molecule has 0 radical (unpaired) electrons. The second kappa shape index (κ2) is 4.66. The third-order valence-corrected chi connectivity index (χ3v) is 1.62. The number of hydrogen-bond donors (Lipinski definition) is 2. The number of hydrogen-bond acceptors (Lipinski definition) is 4. The Balaban J connectivity index is 2.05. The van der Waals surface area contributed by atoms with Gasteiger partial charge < -0.3 is 9.84 Å². The first kappa shape index (κ1) is 8.93. The summed E-state index contributed by atoms with van der Waals surface area (Å²) in [6, 6.07) is 0. The van der Waals surface area contributed by atoms with Gasteiger partial charge in [0.15, 0.2) is 0 Å². The zero-order valence-corrected chi connectivity index (χ0v) is 6.92. The van der Waals surface area contributed by atoms with E-state index in [1.54, 1.807) is 6.92 Å². The molecule has 1 atom stereocenters. The van der Waals surface area contributed by atoms with Crippen LogP contribution in [0.4, 0.5) is 0 Å². The van der Waals surface area contributed by atoms with Gasteiger partial charge in [-0.2, -0.15) is 0 Å². The van der Waals surface area contributed by atoms with Crippen molar-refractivity contribution in [3.8, 4) is 0 Å². The molecule has 11 heavy (non-hydrogen) atoms. The number of nitrogens with zero attached hydrogens (tertiary/aromatic N) is 1. The molecule has 1 heterocycles. The molecular weight excluding hydrogens is 144 g/mol. The molecule has 1 aliphatic heterocycles. The zero-order chi connectivity index (χ0) is 8.10. The van der Waals surface area contributed by atoms with Crippen LogP contribution in [0.3, 0.4) is 0 Å². The van der Waals surface area contributed by atoms with Crippen LogP contribution in [0, 0.1) is 0 Å². The van der Waals surface area contributed by atoms with Crippen LogP contribution in [0.25, 0.3) is 0 Å². The molecule has 0 aliphatic carbocycles. The first-order valence-corrected chi connectivity index (χ1v) is 4.03. The van der Waals surface area contributed by atoms with Gasteiger partial charge in [0.1, 0.15) is 0 Å². The lowest BCUT2D eigenvalue weighted by molar-refractivity contribution is 0.00461. The van der Waals surface area contributed by atoms with E-state index in [0.717, 1.165) is 26.3 Å². The van der Waals surface area contributed by atoms with Gasteiger partial charge in [0.2, 0.25) is 0 Å². The van der Waals surface area contributed by atoms with Crippen LogP contribution in [0.2, 0.25) is 0 Å². The number of rotatable bonds is 3. The van der Waals surface area contributed by atoms with E-state index < -0.39 is 0 Å². The average Bonchev–Trinajstić information content (AvgIpc) is 2.03. The minimum Gasteiger partial charge on any atom is -0.392 e. The highest BCUT2D eigenvalue weighted by atomic mass is 16.5. The van der Waals surface area contributed by atoms with E-state index in [1.165, 1.54) is 0 Å². The highest BCUT2D eigenvalue weighted by Crippen LogP contribution is 1.91. The molecule has 66 valence electrons. The Morgan fingerprint density at radius 2 is 2.18 bits per heavy atom. The third-order valence-electron chi connectivity index (χ3n) is 1.62. The fourth-order valence-electron chi connectivity index (χ4n) is 0.983. The molecule has 0 aromatic heterocycles. The van der Waals surface area contributed by atoms with Gasteiger partial charge in [-0.3, -0.25) is 5.43 Å². The van der Waals surface area contributed by atoms with Crippen LogP contribution in [-0.4, -0.2) is 49.1 Å². The number of morpholine rings is 1. The fraction of sp³-hybridized carbons (Fsp3) is 1.00. The van der Waals surface area contributed by atoms with Crippen LogP contribution in [0.15, 0.2) is 0 Å². The van der Waals surface area contributed by atoms with Crippen molar-refractivity contribution in [1.82, 2.24) is 10.4 Å². The summed E-state index contributed by atoms with van der Waals surface area (Å²) < 4.78 is 5.16. The van der Waals surface area contributed by atoms with Gasteiger partial charge in [0.25, 0.3) is 0 Å². The van der Waals surface area contributed by atoms with Gasteiger partial charge >= 0.3 is 0 Å². The topological polar surface area (TPSA) is 44.7 Å². The minimum absolute atomic E-state index is 0.280. The summed E-state index contributed by atoms with van der Waals surface area (Å²) in [5.41, 5.74) is 3.12. The molecule has 1 saturated heterocycles. The predicted octanol–water partition coefficient (Wildman–Crippen LogP) is -0.796. The maximum atomic E-state index is 8.96. The Labute approximate surface area is 67.1 Å². The summed E-state index contributed by atoms with van der Waals surface area (Å²) in [5, 5.41) is 11.0. The zero-order valence-electron chi connectivity index (χ0n) is 6.92. The SMILES string of the molecule is C[C@H](O)CNN1CCOCC1. The first-order chi connectivity index (χ1) is 5.29. The Bertz CT molecular complexity index is 103. The monoisotopic (exact) mass is 160 g/mol. The molecule has 1 fully saturated rings. The van der Waals surface area contributed by atoms with Crippen molar-refractivity contribution in [2.45, 2.75) is 13.0 Å². The molecule has 1 aliphatic rings. The normalized spacial score (nSPS) is 23.5. The van der Waals surface area contributed by atoms with Gasteiger partial charge in [0, 0.05) is 19.6 Å². The Hall–Kier alpha value is -0.160. The highest BCUT2D eigenvalue weighted by molar-refractivity contribution is 4.58. The van der Waals surface area contributed by atoms with E-state index >= 15 is 0 Å². The van der Waals surface area contributed by atoms with Crippen molar-refractivity contribution in [2.24, 2.45) is 0 Å². The molecule has 0 saturated carbocycles. The quantitative estimate of drug-likeness (QED) is 0.567. The predicted molar refractivity (Wildman–Crippen MR) is 42.1 cm³/mol. The van der Waals surface area contributed by atoms with Crippen LogP contribution in [0.5, 0.6) is 0 Å². The van der Waals surface area contributed by atoms with E-state index in [-0.39, 0.29) is 6.10 Å². The number of nitrogens with one attached hydrogen (secondary N) is 1. The summed E-state index contributed by atoms with van der Waals surface area (Å²) in [6.07, 6.45) is -0.280. The van der Waals surface area contributed by atoms with E-state index in [9.17, 15) is 0 Å². The van der Waals surface area contributed by atoms with Crippen molar-refractivity contribution in [1.29, 1.82) is 0 Å². The summed E-state index contributed by atoms with van der Waals surface area (Å²) in [7, 11) is 0. The number of aliphatic hydroxyl groups excluding tert-OH is 1. The minimum atomic E-state index is -0.280. The van der Waals surface area contributed by atoms with Gasteiger partial charge in [0.05, 0.1) is 19.3 Å². The lowest BCUT2D eigenvalue weighted by Crippen LogP contribution is -2.47. The van der Waals surface area contributed by atoms with Crippen LogP contribution >= 0.6 is 0 Å². The Morgan fingerprint density at radius 3 is 2.73 bits per heavy atom. The Kier molecular flexibility index (Phi) is 3.79. The van der Waals surface area contributed by atoms with Crippen molar-refractivity contribution in [3.05, 3.63) is 0 Å². The highest BCUT2D eigenvalue weighted by Gasteiger charge is 2.09. The van der Waals surface area contributed by atoms with Crippen molar-refractivity contribution >= 4 is 0 Å². The maximum absolute atomic E-state index is 8.96. The van der Waals surface area contributed by atoms with Gasteiger partial charge in [-0.05, 0) is 6.92 Å². The summed E-state index contributed by atoms with van der Waals surface area (Å²) in [4.78, 5) is 0. The molecule has 0 unspecified atom stereocenters. The number of hydrazine groups is 1. The third kappa shape index (κ3) is 3.67. The molecule has 2 N–H and O–H groups in total. The second-order valence-electron chi connectivity index (χ2n) is 2.81. The number of aliphatic hydroxyl groups is 1. The molecule has 0 aromatic rings. The van der Waals surface area contributed by atoms with Crippen molar-refractivity contribution < 1.29 is 9.84 Å². The van der Waals surface area contributed by atoms with Crippen LogP contribution in [-0.2, 0) is 4.74 Å². The van der Waals surface area contributed by atoms with Crippen molar-refractivity contribution in [2.75, 3.05) is 32.8 Å². The average molecular weight is 160 g/mol. The van der Waals surface area contributed by atoms with Crippen molar-refractivity contribution in [3.63, 3.8) is 0 Å². The first-order valence-electron chi connectivity index (χ1n) is 4.03. The summed E-state index contributed by atoms with van der Waals surface area (Å²) in [5.74, 6) is 0. The fourth-order valence-corrected chi connectivity index (χ4v) is 0.983. The van der Waals surface area contributed by atoms with E-state index in [0.29, 0.717) is 6.54 Å². The van der Waals surface area contributed by atoms with Crippen LogP contribution < -0.4 is 5.43 Å². The lowest BCUT2D eigenvalue weighted by atomic mass is 10.4. The molecule has 0 bridgehead atoms. The number of ether oxygens (including phenoxy) is 1. The molecule has 1 rings (SSSR count). The molecule has 0 amide bonds. The van der Waals surface area contributed by atoms with Crippen LogP contribution in [0.1, 0.15) is 6.92 Å². The Morgan fingerprint density at radius 1 is 1.55 bits per heavy atom. The molecule has 4 nitrogen and oxygen atoms in total. The van der Waals surface area contributed by atoms with E-state index in [4.69, 9.17) is 9.84 Å². The van der Waals surface area contributed by atoms with Gasteiger partial charge in [-0.1, -0.05) is 0 Å².